The Hall–Kier alpha value is -5.34. The topological polar surface area (TPSA) is 148 Å². The number of benzene rings is 1. The van der Waals surface area contributed by atoms with Gasteiger partial charge in [-0.1, -0.05) is 13.0 Å². The fourth-order valence-electron chi connectivity index (χ4n) is 6.83. The molecule has 248 valence electrons. The number of hydrogen-bond acceptors (Lipinski definition) is 8. The highest BCUT2D eigenvalue weighted by Crippen LogP contribution is 2.59. The molecule has 7 rings (SSSR count). The summed E-state index contributed by atoms with van der Waals surface area (Å²) in [4.78, 5) is 49.7. The van der Waals surface area contributed by atoms with Crippen LogP contribution in [0.1, 0.15) is 59.7 Å². The van der Waals surface area contributed by atoms with Crippen LogP contribution >= 0.6 is 0 Å². The van der Waals surface area contributed by atoms with Crippen molar-refractivity contribution in [3.63, 3.8) is 0 Å². The lowest BCUT2D eigenvalue weighted by Gasteiger charge is -2.27. The van der Waals surface area contributed by atoms with Crippen molar-refractivity contribution in [1.82, 2.24) is 34.3 Å². The molecule has 3 atom stereocenters. The average Bonchev–Trinajstić information content (AvgIpc) is 3.25. The van der Waals surface area contributed by atoms with Gasteiger partial charge in [-0.05, 0) is 73.9 Å². The number of halogens is 3. The summed E-state index contributed by atoms with van der Waals surface area (Å²) < 4.78 is 42.9. The second-order valence-electron chi connectivity index (χ2n) is 13.0. The number of nitrogens with one attached hydrogen (secondary N) is 1. The number of likely N-dealkylation sites (tertiary alicyclic amines) is 1. The normalized spacial score (nSPS) is 20.4. The zero-order valence-corrected chi connectivity index (χ0v) is 26.7. The van der Waals surface area contributed by atoms with Crippen LogP contribution in [0, 0.1) is 26.2 Å². The molecule has 0 spiro atoms. The predicted molar refractivity (Wildman–Crippen MR) is 167 cm³/mol. The van der Waals surface area contributed by atoms with Crippen molar-refractivity contribution >= 4 is 40.0 Å². The molecule has 1 saturated carbocycles. The van der Waals surface area contributed by atoms with Gasteiger partial charge in [0.1, 0.15) is 35.5 Å². The minimum absolute atomic E-state index is 0.00957. The van der Waals surface area contributed by atoms with Gasteiger partial charge in [-0.2, -0.15) is 23.4 Å². The Labute approximate surface area is 271 Å². The summed E-state index contributed by atoms with van der Waals surface area (Å²) in [5.41, 5.74) is 2.54. The van der Waals surface area contributed by atoms with Gasteiger partial charge in [-0.3, -0.25) is 19.1 Å². The number of aryl methyl sites for hydroxylation is 3. The van der Waals surface area contributed by atoms with E-state index in [2.05, 4.69) is 25.5 Å². The van der Waals surface area contributed by atoms with Crippen molar-refractivity contribution in [2.45, 2.75) is 72.3 Å². The van der Waals surface area contributed by atoms with Crippen LogP contribution in [0.15, 0.2) is 36.7 Å². The number of fused-ring (bicyclic) bond motifs is 3. The van der Waals surface area contributed by atoms with E-state index in [-0.39, 0.29) is 41.0 Å². The van der Waals surface area contributed by atoms with E-state index >= 15 is 0 Å². The van der Waals surface area contributed by atoms with Gasteiger partial charge >= 0.3 is 6.18 Å². The summed E-state index contributed by atoms with van der Waals surface area (Å²) >= 11 is 0. The van der Waals surface area contributed by atoms with Crippen LogP contribution < -0.4 is 5.32 Å². The monoisotopic (exact) mass is 660 g/mol. The molecular weight excluding hydrogens is 629 g/mol. The van der Waals surface area contributed by atoms with Gasteiger partial charge in [-0.25, -0.2) is 14.5 Å². The summed E-state index contributed by atoms with van der Waals surface area (Å²) in [6, 6.07) is 4.62. The van der Waals surface area contributed by atoms with Gasteiger partial charge in [0, 0.05) is 36.3 Å². The van der Waals surface area contributed by atoms with Crippen LogP contribution in [0.25, 0.3) is 27.7 Å². The largest absolute Gasteiger partial charge is 0.503 e. The maximum Gasteiger partial charge on any atom is 0.433 e. The number of carbonyl (C=O) groups excluding carboxylic acids is 3. The molecule has 1 aliphatic carbocycles. The molecule has 4 aromatic heterocycles. The third kappa shape index (κ3) is 5.04. The number of hydrogen-bond donors (Lipinski definition) is 2. The van der Waals surface area contributed by atoms with Crippen LogP contribution in [0.3, 0.4) is 0 Å². The zero-order chi connectivity index (χ0) is 34.4. The molecule has 15 heteroatoms. The quantitative estimate of drug-likeness (QED) is 0.242. The van der Waals surface area contributed by atoms with Crippen LogP contribution in [-0.4, -0.2) is 69.1 Å². The number of ketones is 1. The van der Waals surface area contributed by atoms with Crippen LogP contribution in [0.2, 0.25) is 0 Å². The molecule has 5 heterocycles. The third-order valence-electron chi connectivity index (χ3n) is 9.46. The van der Waals surface area contributed by atoms with Gasteiger partial charge in [0.2, 0.25) is 11.8 Å². The maximum absolute atomic E-state index is 14.0. The number of alkyl halides is 3. The highest BCUT2D eigenvalue weighted by Gasteiger charge is 2.64. The van der Waals surface area contributed by atoms with E-state index in [0.717, 1.165) is 17.2 Å². The van der Waals surface area contributed by atoms with E-state index in [4.69, 9.17) is 0 Å². The Balaban J connectivity index is 1.20. The first kappa shape index (κ1) is 31.3. The molecule has 5 aromatic rings. The summed E-state index contributed by atoms with van der Waals surface area (Å²) in [5, 5.41) is 22.1. The van der Waals surface area contributed by atoms with Crippen molar-refractivity contribution in [3.05, 3.63) is 64.9 Å². The molecule has 0 bridgehead atoms. The molecule has 12 nitrogen and oxygen atoms in total. The van der Waals surface area contributed by atoms with Crippen LogP contribution in [-0.2, 0) is 22.3 Å². The molecule has 2 N–H and O–H groups in total. The van der Waals surface area contributed by atoms with Gasteiger partial charge in [-0.15, -0.1) is 0 Å². The number of nitrogens with zero attached hydrogens (tertiary/aromatic N) is 7. The number of aromatic hydroxyl groups is 1. The number of anilines is 1. The number of pyridine rings is 1. The molecule has 1 aromatic carbocycles. The fraction of sp³-hybridized carbons (Fsp3) is 0.364. The molecule has 2 amide bonds. The Morgan fingerprint density at radius 1 is 1.06 bits per heavy atom. The fourth-order valence-corrected chi connectivity index (χ4v) is 6.83. The van der Waals surface area contributed by atoms with E-state index in [0.29, 0.717) is 46.2 Å². The van der Waals surface area contributed by atoms with E-state index in [1.165, 1.54) is 27.1 Å². The molecule has 0 radical (unpaired) electrons. The number of aromatic nitrogens is 6. The Bertz CT molecular complexity index is 2210. The Kier molecular flexibility index (Phi) is 6.90. The highest BCUT2D eigenvalue weighted by molar-refractivity contribution is 6.07. The molecule has 1 aliphatic heterocycles. The molecule has 1 saturated heterocycles. The predicted octanol–water partition coefficient (Wildman–Crippen LogP) is 5.01. The summed E-state index contributed by atoms with van der Waals surface area (Å²) in [7, 11) is 0. The van der Waals surface area contributed by atoms with Crippen molar-refractivity contribution in [2.24, 2.45) is 5.41 Å². The number of carbonyl (C=O) groups is 3. The maximum atomic E-state index is 14.0. The molecule has 2 fully saturated rings. The van der Waals surface area contributed by atoms with E-state index in [1.807, 2.05) is 19.9 Å². The lowest BCUT2D eigenvalue weighted by Crippen LogP contribution is -2.47. The van der Waals surface area contributed by atoms with Gasteiger partial charge in [0.25, 0.3) is 0 Å². The van der Waals surface area contributed by atoms with Gasteiger partial charge in [0.15, 0.2) is 17.2 Å². The van der Waals surface area contributed by atoms with Crippen molar-refractivity contribution in [3.8, 4) is 16.9 Å². The minimum Gasteiger partial charge on any atom is -0.503 e. The average molecular weight is 661 g/mol. The van der Waals surface area contributed by atoms with E-state index in [9.17, 15) is 32.7 Å². The Morgan fingerprint density at radius 2 is 1.81 bits per heavy atom. The molecular formula is C33H31F3N8O4. The number of Topliss-reactive ketones (excluding diaryl/α,β-unsaturated/α-hetero) is 1. The lowest BCUT2D eigenvalue weighted by molar-refractivity contribution is -0.141. The first-order valence-corrected chi connectivity index (χ1v) is 15.3. The smallest absolute Gasteiger partial charge is 0.433 e. The third-order valence-corrected chi connectivity index (χ3v) is 9.46. The number of rotatable bonds is 6. The number of piperidine rings is 1. The number of amides is 2. The van der Waals surface area contributed by atoms with Crippen LogP contribution in [0.5, 0.6) is 5.75 Å². The van der Waals surface area contributed by atoms with Crippen molar-refractivity contribution in [1.29, 1.82) is 0 Å². The summed E-state index contributed by atoms with van der Waals surface area (Å²) in [5.74, 6) is -1.54. The zero-order valence-electron chi connectivity index (χ0n) is 26.7. The van der Waals surface area contributed by atoms with Gasteiger partial charge < -0.3 is 15.3 Å². The van der Waals surface area contributed by atoms with Gasteiger partial charge in [0.05, 0.1) is 5.52 Å². The first-order valence-electron chi connectivity index (χ1n) is 15.3. The SMILES string of the molecule is CC(=O)c1nn(CC(=O)N2[C@H](C(=O)Nc3nc(C(F)(F)F)ccc3C)C[C@@]3(C)C[C@@H]23)c2c(C)cc(-c3cnc4c(O)c(C)nn4c3)cc12. The lowest BCUT2D eigenvalue weighted by atomic mass is 10.0. The minimum atomic E-state index is -4.69. The van der Waals surface area contributed by atoms with Crippen molar-refractivity contribution < 1.29 is 32.7 Å². The molecule has 48 heavy (non-hydrogen) atoms. The highest BCUT2D eigenvalue weighted by atomic mass is 19.4. The second-order valence-corrected chi connectivity index (χ2v) is 13.0. The van der Waals surface area contributed by atoms with E-state index in [1.54, 1.807) is 32.3 Å². The van der Waals surface area contributed by atoms with E-state index < -0.39 is 29.7 Å². The first-order chi connectivity index (χ1) is 22.6. The Morgan fingerprint density at radius 3 is 2.52 bits per heavy atom. The summed E-state index contributed by atoms with van der Waals surface area (Å²) in [6.45, 7) is 8.15. The standard InChI is InChI=1S/C33H31F3N8O4/c1-15-6-7-23(33(34,35)36)38-29(15)39-31(48)22-10-32(5)11-24(32)44(22)25(46)14-42-27-16(2)8-19(9-21(27)26(41-42)18(4)45)20-12-37-30-28(47)17(3)40-43(30)13-20/h6-9,12-13,22,24,47H,10-11,14H2,1-5H3,(H,38,39,48)/t22-,24+,32-/m0/s1. The molecule has 2 aliphatic rings. The molecule has 0 unspecified atom stereocenters. The van der Waals surface area contributed by atoms with Crippen LogP contribution in [0.4, 0.5) is 19.0 Å². The summed E-state index contributed by atoms with van der Waals surface area (Å²) in [6.07, 6.45) is -0.329. The second kappa shape index (κ2) is 10.6. The van der Waals surface area contributed by atoms with Crippen molar-refractivity contribution in [2.75, 3.05) is 5.32 Å².